The maximum Gasteiger partial charge on any atom is 0.397 e. The molecular weight excluding hydrogens is 659 g/mol. The smallest absolute Gasteiger partial charge is 0.397 e. The Labute approximate surface area is 283 Å². The van der Waals surface area contributed by atoms with Crippen LogP contribution < -0.4 is 14.4 Å². The lowest BCUT2D eigenvalue weighted by atomic mass is 9.94. The van der Waals surface area contributed by atoms with Crippen molar-refractivity contribution < 1.29 is 31.1 Å². The summed E-state index contributed by atoms with van der Waals surface area (Å²) in [5, 5.41) is 4.20. The molecule has 1 N–H and O–H groups in total. The number of fused-ring (bicyclic) bond motifs is 6. The minimum Gasteiger partial charge on any atom is -0.476 e. The van der Waals surface area contributed by atoms with Gasteiger partial charge in [0.25, 0.3) is 10.0 Å². The molecule has 0 radical (unpaired) electrons. The van der Waals surface area contributed by atoms with Crippen LogP contribution in [0.25, 0.3) is 17.1 Å². The van der Waals surface area contributed by atoms with E-state index in [0.717, 1.165) is 83.2 Å². The summed E-state index contributed by atoms with van der Waals surface area (Å²) in [5.41, 5.74) is -0.0147. The molecule has 262 valence electrons. The molecule has 1 aromatic carbocycles. The van der Waals surface area contributed by atoms with Crippen LogP contribution in [0.5, 0.6) is 5.88 Å². The summed E-state index contributed by atoms with van der Waals surface area (Å²) in [6.07, 6.45) is 3.86. The van der Waals surface area contributed by atoms with Gasteiger partial charge < -0.3 is 14.4 Å². The summed E-state index contributed by atoms with van der Waals surface area (Å²) in [4.78, 5) is 16.0. The fourth-order valence-electron chi connectivity index (χ4n) is 5.82. The van der Waals surface area contributed by atoms with Gasteiger partial charge in [0.15, 0.2) is 16.7 Å². The molecular formula is C34H40F3N7O4S. The van der Waals surface area contributed by atoms with Gasteiger partial charge in [0.2, 0.25) is 5.88 Å². The van der Waals surface area contributed by atoms with E-state index in [2.05, 4.69) is 24.7 Å². The van der Waals surface area contributed by atoms with E-state index in [9.17, 15) is 21.6 Å². The highest BCUT2D eigenvalue weighted by molar-refractivity contribution is 7.92. The number of aryl methyl sites for hydroxylation is 1. The van der Waals surface area contributed by atoms with Gasteiger partial charge in [-0.15, -0.1) is 5.10 Å². The van der Waals surface area contributed by atoms with E-state index in [1.807, 2.05) is 30.3 Å². The van der Waals surface area contributed by atoms with Crippen LogP contribution in [-0.4, -0.2) is 72.2 Å². The van der Waals surface area contributed by atoms with E-state index in [4.69, 9.17) is 14.5 Å². The van der Waals surface area contributed by atoms with Crippen molar-refractivity contribution in [2.45, 2.75) is 63.6 Å². The number of nitrogens with one attached hydrogen (secondary N) is 1. The molecule has 0 amide bonds. The molecule has 6 rings (SSSR count). The van der Waals surface area contributed by atoms with Crippen LogP contribution in [0.4, 0.5) is 24.8 Å². The van der Waals surface area contributed by atoms with Crippen LogP contribution in [0.2, 0.25) is 0 Å². The lowest BCUT2D eigenvalue weighted by Gasteiger charge is -2.26. The van der Waals surface area contributed by atoms with Gasteiger partial charge in [-0.3, -0.25) is 4.72 Å². The molecule has 1 atom stereocenters. The van der Waals surface area contributed by atoms with Crippen LogP contribution >= 0.6 is 0 Å². The zero-order chi connectivity index (χ0) is 34.6. The van der Waals surface area contributed by atoms with Crippen molar-refractivity contribution in [3.8, 4) is 23.0 Å². The molecule has 1 saturated heterocycles. The summed E-state index contributed by atoms with van der Waals surface area (Å²) in [7, 11) is -4.18. The van der Waals surface area contributed by atoms with Crippen LogP contribution in [0, 0.1) is 11.3 Å². The van der Waals surface area contributed by atoms with Crippen molar-refractivity contribution in [2.24, 2.45) is 11.3 Å². The van der Waals surface area contributed by atoms with E-state index >= 15 is 0 Å². The van der Waals surface area contributed by atoms with E-state index in [1.165, 1.54) is 29.2 Å². The number of sulfonamides is 1. The molecule has 4 aromatic rings. The second kappa shape index (κ2) is 14.3. The molecule has 15 heteroatoms. The van der Waals surface area contributed by atoms with Gasteiger partial charge in [-0.2, -0.15) is 21.6 Å². The summed E-state index contributed by atoms with van der Waals surface area (Å²) < 4.78 is 82.6. The molecule has 2 aliphatic rings. The number of alkyl halides is 3. The van der Waals surface area contributed by atoms with Crippen LogP contribution in [-0.2, 0) is 21.2 Å². The standard InChI is InChI=1S/C34H40F3N7O4S/c1-33(2,34(35,36)37)23-48-29-15-18-44(41-29)32-31-26-12-7-6-11-25(26)10-5-3-4-8-17-43(21-24-16-19-47-22-24)28-13-9-14-30(40-28)49(45,46)42-27(39-31)20-38-32/h6-7,9,11-15,18,20,24H,3-5,8,10,16-17,19,21-23H2,1-2H3,(H,39,42). The van der Waals surface area contributed by atoms with E-state index in [1.54, 1.807) is 6.07 Å². The molecule has 2 aliphatic heterocycles. The third-order valence-electron chi connectivity index (χ3n) is 8.83. The molecule has 4 bridgehead atoms. The number of benzene rings is 1. The Morgan fingerprint density at radius 2 is 1.84 bits per heavy atom. The number of ether oxygens (including phenoxy) is 2. The van der Waals surface area contributed by atoms with Gasteiger partial charge in [-0.25, -0.2) is 19.6 Å². The molecule has 0 aliphatic carbocycles. The van der Waals surface area contributed by atoms with Crippen molar-refractivity contribution in [1.82, 2.24) is 24.7 Å². The Hall–Kier alpha value is -4.24. The summed E-state index contributed by atoms with van der Waals surface area (Å²) >= 11 is 0. The monoisotopic (exact) mass is 699 g/mol. The van der Waals surface area contributed by atoms with Crippen molar-refractivity contribution in [3.63, 3.8) is 0 Å². The van der Waals surface area contributed by atoms with Crippen LogP contribution in [0.1, 0.15) is 51.5 Å². The van der Waals surface area contributed by atoms with Gasteiger partial charge in [-0.05, 0) is 57.2 Å². The Kier molecular flexibility index (Phi) is 10.1. The highest BCUT2D eigenvalue weighted by Crippen LogP contribution is 2.38. The minimum absolute atomic E-state index is 0.0193. The van der Waals surface area contributed by atoms with Crippen LogP contribution in [0.15, 0.2) is 66.0 Å². The number of anilines is 2. The predicted molar refractivity (Wildman–Crippen MR) is 178 cm³/mol. The number of halogens is 3. The second-order valence-electron chi connectivity index (χ2n) is 13.1. The summed E-state index contributed by atoms with van der Waals surface area (Å²) in [5.74, 6) is 1.14. The highest BCUT2D eigenvalue weighted by atomic mass is 32.2. The number of hydrogen-bond donors (Lipinski definition) is 1. The molecule has 49 heavy (non-hydrogen) atoms. The average molecular weight is 700 g/mol. The van der Waals surface area contributed by atoms with Crippen LogP contribution in [0.3, 0.4) is 0 Å². The quantitative estimate of drug-likeness (QED) is 0.242. The Morgan fingerprint density at radius 1 is 1.02 bits per heavy atom. The van der Waals surface area contributed by atoms with E-state index in [-0.39, 0.29) is 22.5 Å². The second-order valence-corrected chi connectivity index (χ2v) is 14.8. The molecule has 3 aromatic heterocycles. The summed E-state index contributed by atoms with van der Waals surface area (Å²) in [6.45, 7) is 4.37. The number of nitrogens with zero attached hydrogens (tertiary/aromatic N) is 6. The normalized spacial score (nSPS) is 18.7. The molecule has 5 heterocycles. The topological polar surface area (TPSA) is 124 Å². The maximum absolute atomic E-state index is 13.7. The summed E-state index contributed by atoms with van der Waals surface area (Å²) in [6, 6.07) is 14.1. The average Bonchev–Trinajstić information content (AvgIpc) is 3.77. The fourth-order valence-corrected chi connectivity index (χ4v) is 6.77. The predicted octanol–water partition coefficient (Wildman–Crippen LogP) is 6.45. The Bertz CT molecular complexity index is 1860. The van der Waals surface area contributed by atoms with Gasteiger partial charge in [-0.1, -0.05) is 43.2 Å². The molecule has 11 nitrogen and oxygen atoms in total. The van der Waals surface area contributed by atoms with E-state index < -0.39 is 28.2 Å². The zero-order valence-electron chi connectivity index (χ0n) is 27.5. The number of aromatic nitrogens is 5. The van der Waals surface area contributed by atoms with E-state index in [0.29, 0.717) is 24.0 Å². The number of rotatable bonds is 6. The first kappa shape index (κ1) is 34.6. The molecule has 1 fully saturated rings. The minimum atomic E-state index is -4.46. The Balaban J connectivity index is 1.36. The molecule has 1 unspecified atom stereocenters. The van der Waals surface area contributed by atoms with Gasteiger partial charge in [0.1, 0.15) is 18.1 Å². The van der Waals surface area contributed by atoms with Crippen molar-refractivity contribution in [3.05, 3.63) is 66.5 Å². The third kappa shape index (κ3) is 8.15. The van der Waals surface area contributed by atoms with Gasteiger partial charge >= 0.3 is 6.18 Å². The van der Waals surface area contributed by atoms with Gasteiger partial charge in [0, 0.05) is 43.4 Å². The third-order valence-corrected chi connectivity index (χ3v) is 10.1. The number of pyridine rings is 1. The van der Waals surface area contributed by atoms with Crippen molar-refractivity contribution in [1.29, 1.82) is 0 Å². The first-order valence-electron chi connectivity index (χ1n) is 16.4. The molecule has 0 saturated carbocycles. The first-order valence-corrected chi connectivity index (χ1v) is 17.9. The lowest BCUT2D eigenvalue weighted by Crippen LogP contribution is -2.37. The Morgan fingerprint density at radius 3 is 2.63 bits per heavy atom. The SMILES string of the molecule is CC(C)(COc1ccn(-c2ncc3nc2-c2ccccc2CCCCCCN(CC2CCOC2)c2cccc(n2)S(=O)(=O)N3)n1)C(F)(F)F. The maximum atomic E-state index is 13.7. The van der Waals surface area contributed by atoms with Crippen molar-refractivity contribution in [2.75, 3.05) is 42.5 Å². The zero-order valence-corrected chi connectivity index (χ0v) is 28.3. The molecule has 0 spiro atoms. The highest BCUT2D eigenvalue weighted by Gasteiger charge is 2.48. The first-order chi connectivity index (χ1) is 23.4. The fraction of sp³-hybridized carbons (Fsp3) is 0.471. The van der Waals surface area contributed by atoms with Gasteiger partial charge in [0.05, 0.1) is 18.2 Å². The lowest BCUT2D eigenvalue weighted by molar-refractivity contribution is -0.219. The van der Waals surface area contributed by atoms with Crippen molar-refractivity contribution >= 4 is 21.7 Å². The number of hydrogen-bond acceptors (Lipinski definition) is 9. The largest absolute Gasteiger partial charge is 0.476 e.